The highest BCUT2D eigenvalue weighted by Crippen LogP contribution is 2.49. The molecule has 1 saturated heterocycles. The summed E-state index contributed by atoms with van der Waals surface area (Å²) in [5.41, 5.74) is 0.190. The summed E-state index contributed by atoms with van der Waals surface area (Å²) >= 11 is 6.20. The molecule has 1 N–H and O–H groups in total. The van der Waals surface area contributed by atoms with Crippen LogP contribution < -0.4 is 9.62 Å². The minimum atomic E-state index is -4.73. The van der Waals surface area contributed by atoms with Gasteiger partial charge in [0.05, 0.1) is 5.69 Å². The van der Waals surface area contributed by atoms with Crippen LogP contribution >= 0.6 is 11.6 Å². The monoisotopic (exact) mass is 488 g/mol. The normalized spacial score (nSPS) is 23.5. The molecule has 1 aromatic heterocycles. The van der Waals surface area contributed by atoms with Crippen molar-refractivity contribution in [3.63, 3.8) is 0 Å². The average Bonchev–Trinajstić information content (AvgIpc) is 3.31. The van der Waals surface area contributed by atoms with Gasteiger partial charge < -0.3 is 9.80 Å². The summed E-state index contributed by atoms with van der Waals surface area (Å²) in [5, 5.41) is -0.460. The Morgan fingerprint density at radius 3 is 2.66 bits per heavy atom. The van der Waals surface area contributed by atoms with E-state index in [2.05, 4.69) is 9.88 Å². The van der Waals surface area contributed by atoms with E-state index in [-0.39, 0.29) is 11.1 Å². The Labute approximate surface area is 190 Å². The molecule has 32 heavy (non-hydrogen) atoms. The van der Waals surface area contributed by atoms with E-state index in [0.717, 1.165) is 37.8 Å². The molecule has 6 nitrogen and oxygen atoms in total. The van der Waals surface area contributed by atoms with Crippen molar-refractivity contribution in [2.45, 2.75) is 36.6 Å². The van der Waals surface area contributed by atoms with Crippen molar-refractivity contribution in [1.29, 1.82) is 0 Å². The molecule has 2 heterocycles. The van der Waals surface area contributed by atoms with Gasteiger partial charge in [0, 0.05) is 25.2 Å². The number of anilines is 2. The number of nitrogens with zero attached hydrogens (tertiary/aromatic N) is 3. The van der Waals surface area contributed by atoms with Gasteiger partial charge in [-0.2, -0.15) is 4.39 Å². The highest BCUT2D eigenvalue weighted by molar-refractivity contribution is 7.92. The molecule has 2 aliphatic rings. The number of benzene rings is 1. The van der Waals surface area contributed by atoms with Crippen LogP contribution in [0.25, 0.3) is 0 Å². The molecule has 1 aliphatic carbocycles. The number of pyridine rings is 1. The van der Waals surface area contributed by atoms with Gasteiger partial charge in [0.1, 0.15) is 16.7 Å². The second-order valence-corrected chi connectivity index (χ2v) is 10.8. The van der Waals surface area contributed by atoms with Crippen molar-refractivity contribution in [3.8, 4) is 0 Å². The summed E-state index contributed by atoms with van der Waals surface area (Å²) in [6, 6.07) is 4.82. The molecular formula is C21H24ClF3N4O2S. The third-order valence-corrected chi connectivity index (χ3v) is 8.25. The van der Waals surface area contributed by atoms with E-state index in [1.54, 1.807) is 0 Å². The lowest BCUT2D eigenvalue weighted by molar-refractivity contribution is 0.259. The zero-order chi connectivity index (χ0) is 23.3. The largest absolute Gasteiger partial charge is 0.370 e. The van der Waals surface area contributed by atoms with Gasteiger partial charge in [-0.3, -0.25) is 4.72 Å². The molecule has 2 aromatic rings. The molecule has 2 atom stereocenters. The van der Waals surface area contributed by atoms with Gasteiger partial charge in [0.2, 0.25) is 5.95 Å². The Balaban J connectivity index is 1.61. The average molecular weight is 489 g/mol. The van der Waals surface area contributed by atoms with E-state index in [4.69, 9.17) is 11.6 Å². The van der Waals surface area contributed by atoms with Crippen molar-refractivity contribution in [1.82, 2.24) is 9.88 Å². The third-order valence-electron chi connectivity index (χ3n) is 6.51. The summed E-state index contributed by atoms with van der Waals surface area (Å²) in [7, 11) is -0.638. The Bertz CT molecular complexity index is 1150. The van der Waals surface area contributed by atoms with Gasteiger partial charge in [0.25, 0.3) is 10.0 Å². The molecule has 1 spiro atoms. The minimum absolute atomic E-state index is 0.0561. The highest BCUT2D eigenvalue weighted by atomic mass is 35.5. The summed E-state index contributed by atoms with van der Waals surface area (Å²) < 4.78 is 70.4. The maximum Gasteiger partial charge on any atom is 0.268 e. The molecule has 4 rings (SSSR count). The predicted octanol–water partition coefficient (Wildman–Crippen LogP) is 4.26. The van der Waals surface area contributed by atoms with E-state index < -0.39 is 43.3 Å². The van der Waals surface area contributed by atoms with Crippen LogP contribution in [-0.2, 0) is 10.0 Å². The van der Waals surface area contributed by atoms with Crippen molar-refractivity contribution < 1.29 is 21.6 Å². The zero-order valence-corrected chi connectivity index (χ0v) is 19.3. The molecule has 2 fully saturated rings. The smallest absolute Gasteiger partial charge is 0.268 e. The van der Waals surface area contributed by atoms with E-state index in [1.165, 1.54) is 12.1 Å². The standard InChI is InChI=1S/C21H24ClF3N4O2S/c1-28(2)13-6-7-21(11-13)8-9-29(12-21)15-10-14(23)20(19(25)18(15)22)32(30,31)27-17-5-3-4-16(24)26-17/h3-5,10,13H,6-9,11-12H2,1-2H3,(H,26,27)/t13-,21+/m1/s1. The fourth-order valence-electron chi connectivity index (χ4n) is 4.83. The third kappa shape index (κ3) is 4.27. The molecule has 0 unspecified atom stereocenters. The number of rotatable bonds is 5. The van der Waals surface area contributed by atoms with Crippen LogP contribution in [0.4, 0.5) is 24.7 Å². The number of hydrogen-bond acceptors (Lipinski definition) is 5. The molecule has 1 saturated carbocycles. The van der Waals surface area contributed by atoms with Crippen LogP contribution in [0.3, 0.4) is 0 Å². The van der Waals surface area contributed by atoms with Crippen molar-refractivity contribution in [3.05, 3.63) is 46.9 Å². The first-order valence-corrected chi connectivity index (χ1v) is 12.1. The lowest BCUT2D eigenvalue weighted by Gasteiger charge is -2.27. The molecular weight excluding hydrogens is 465 g/mol. The second kappa shape index (κ2) is 8.39. The van der Waals surface area contributed by atoms with E-state index >= 15 is 4.39 Å². The highest BCUT2D eigenvalue weighted by Gasteiger charge is 2.45. The first-order valence-electron chi connectivity index (χ1n) is 10.3. The Morgan fingerprint density at radius 2 is 2.00 bits per heavy atom. The number of aromatic nitrogens is 1. The van der Waals surface area contributed by atoms with E-state index in [9.17, 15) is 17.2 Å². The van der Waals surface area contributed by atoms with Crippen molar-refractivity contribution >= 4 is 33.1 Å². The van der Waals surface area contributed by atoms with Gasteiger partial charge >= 0.3 is 0 Å². The van der Waals surface area contributed by atoms with E-state index in [1.807, 2.05) is 23.7 Å². The quantitative estimate of drug-likeness (QED) is 0.503. The van der Waals surface area contributed by atoms with Crippen LogP contribution in [0.2, 0.25) is 5.02 Å². The SMILES string of the molecule is CN(C)[C@@H]1CC[C@]2(CCN(c3cc(F)c(S(=O)(=O)Nc4cccc(F)n4)c(F)c3Cl)C2)C1. The van der Waals surface area contributed by atoms with Crippen LogP contribution in [-0.4, -0.2) is 51.5 Å². The minimum Gasteiger partial charge on any atom is -0.370 e. The van der Waals surface area contributed by atoms with Gasteiger partial charge in [0.15, 0.2) is 10.7 Å². The summed E-state index contributed by atoms with van der Waals surface area (Å²) in [6.45, 7) is 1.18. The zero-order valence-electron chi connectivity index (χ0n) is 17.7. The fourth-order valence-corrected chi connectivity index (χ4v) is 6.29. The number of sulfonamides is 1. The number of halogens is 4. The first-order chi connectivity index (χ1) is 15.0. The molecule has 0 amide bonds. The molecule has 0 bridgehead atoms. The Hall–Kier alpha value is -2.04. The maximum absolute atomic E-state index is 15.1. The lowest BCUT2D eigenvalue weighted by atomic mass is 9.85. The summed E-state index contributed by atoms with van der Waals surface area (Å²) in [4.78, 5) is 6.16. The topological polar surface area (TPSA) is 65.5 Å². The van der Waals surface area contributed by atoms with Crippen LogP contribution in [0, 0.1) is 23.0 Å². The van der Waals surface area contributed by atoms with Crippen LogP contribution in [0.1, 0.15) is 25.7 Å². The van der Waals surface area contributed by atoms with Crippen molar-refractivity contribution in [2.75, 3.05) is 36.8 Å². The van der Waals surface area contributed by atoms with Crippen molar-refractivity contribution in [2.24, 2.45) is 5.41 Å². The maximum atomic E-state index is 15.1. The summed E-state index contributed by atoms with van der Waals surface area (Å²) in [5.74, 6) is -4.00. The van der Waals surface area contributed by atoms with Gasteiger partial charge in [-0.1, -0.05) is 17.7 Å². The second-order valence-electron chi connectivity index (χ2n) is 8.82. The predicted molar refractivity (Wildman–Crippen MR) is 117 cm³/mol. The fraction of sp³-hybridized carbons (Fsp3) is 0.476. The molecule has 1 aromatic carbocycles. The Morgan fingerprint density at radius 1 is 1.25 bits per heavy atom. The van der Waals surface area contributed by atoms with Crippen LogP contribution in [0.15, 0.2) is 29.2 Å². The van der Waals surface area contributed by atoms with Gasteiger partial charge in [-0.25, -0.2) is 22.2 Å². The lowest BCUT2D eigenvalue weighted by Crippen LogP contribution is -2.30. The number of nitrogens with one attached hydrogen (secondary N) is 1. The Kier molecular flexibility index (Phi) is 6.06. The van der Waals surface area contributed by atoms with Crippen LogP contribution in [0.5, 0.6) is 0 Å². The van der Waals surface area contributed by atoms with Gasteiger partial charge in [-0.05, 0) is 57.3 Å². The van der Waals surface area contributed by atoms with E-state index in [0.29, 0.717) is 19.1 Å². The molecule has 11 heteroatoms. The molecule has 174 valence electrons. The first kappa shape index (κ1) is 23.1. The molecule has 1 aliphatic heterocycles. The van der Waals surface area contributed by atoms with Gasteiger partial charge in [-0.15, -0.1) is 0 Å². The number of hydrogen-bond donors (Lipinski definition) is 1. The summed E-state index contributed by atoms with van der Waals surface area (Å²) in [6.07, 6.45) is 3.96. The molecule has 0 radical (unpaired) electrons.